The van der Waals surface area contributed by atoms with Gasteiger partial charge in [-0.15, -0.1) is 0 Å². The summed E-state index contributed by atoms with van der Waals surface area (Å²) in [6, 6.07) is 17.7. The highest BCUT2D eigenvalue weighted by molar-refractivity contribution is 7.89. The fourth-order valence-electron chi connectivity index (χ4n) is 4.52. The maximum absolute atomic E-state index is 13.1. The predicted molar refractivity (Wildman–Crippen MR) is 130 cm³/mol. The monoisotopic (exact) mass is 493 g/mol. The summed E-state index contributed by atoms with van der Waals surface area (Å²) in [4.78, 5) is 18.1. The van der Waals surface area contributed by atoms with Gasteiger partial charge in [0.25, 0.3) is 5.91 Å². The lowest BCUT2D eigenvalue weighted by Gasteiger charge is -2.31. The Morgan fingerprint density at radius 1 is 1.03 bits per heavy atom. The predicted octanol–water partition coefficient (Wildman–Crippen LogP) is 3.62. The van der Waals surface area contributed by atoms with Crippen molar-refractivity contribution in [3.8, 4) is 11.5 Å². The molecule has 9 heteroatoms. The molecule has 0 spiro atoms. The fourth-order valence-corrected chi connectivity index (χ4v) is 6.01. The Bertz CT molecular complexity index is 1340. The molecule has 2 aliphatic rings. The van der Waals surface area contributed by atoms with Crippen LogP contribution in [0, 0.1) is 6.92 Å². The van der Waals surface area contributed by atoms with Crippen LogP contribution in [0.15, 0.2) is 65.6 Å². The summed E-state index contributed by atoms with van der Waals surface area (Å²) in [6.45, 7) is 3.21. The highest BCUT2D eigenvalue weighted by Crippen LogP contribution is 2.33. The van der Waals surface area contributed by atoms with E-state index < -0.39 is 10.0 Å². The maximum Gasteiger partial charge on any atom is 0.253 e. The molecular formula is C26H27N3O5S. The van der Waals surface area contributed by atoms with E-state index in [4.69, 9.17) is 14.5 Å². The average Bonchev–Trinajstić information content (AvgIpc) is 3.36. The van der Waals surface area contributed by atoms with Crippen LogP contribution < -0.4 is 14.8 Å². The van der Waals surface area contributed by atoms with Gasteiger partial charge in [0.2, 0.25) is 16.8 Å². The molecule has 3 heterocycles. The number of pyridine rings is 1. The van der Waals surface area contributed by atoms with Crippen molar-refractivity contribution < 1.29 is 22.7 Å². The Balaban J connectivity index is 1.28. The number of fused-ring (bicyclic) bond motifs is 1. The molecule has 182 valence electrons. The number of benzene rings is 2. The number of nitrogens with zero attached hydrogens (tertiary/aromatic N) is 2. The minimum Gasteiger partial charge on any atom is -0.454 e. The molecule has 1 fully saturated rings. The summed E-state index contributed by atoms with van der Waals surface area (Å²) in [7, 11) is -3.53. The van der Waals surface area contributed by atoms with Crippen LogP contribution in [0.5, 0.6) is 11.5 Å². The Kier molecular flexibility index (Phi) is 6.44. The number of ether oxygens (including phenoxy) is 2. The third kappa shape index (κ3) is 4.87. The third-order valence-corrected chi connectivity index (χ3v) is 8.33. The number of sulfonamides is 1. The summed E-state index contributed by atoms with van der Waals surface area (Å²) >= 11 is 0. The molecule has 0 bridgehead atoms. The molecule has 1 aromatic heterocycles. The molecule has 8 nitrogen and oxygen atoms in total. The maximum atomic E-state index is 13.1. The number of hydrogen-bond donors (Lipinski definition) is 1. The van der Waals surface area contributed by atoms with Gasteiger partial charge in [-0.2, -0.15) is 4.31 Å². The Morgan fingerprint density at radius 3 is 2.54 bits per heavy atom. The lowest BCUT2D eigenvalue weighted by Crippen LogP contribution is -2.38. The molecule has 0 radical (unpaired) electrons. The van der Waals surface area contributed by atoms with Crippen LogP contribution in [0.25, 0.3) is 0 Å². The number of aryl methyl sites for hydroxylation is 1. The second kappa shape index (κ2) is 9.67. The zero-order valence-electron chi connectivity index (χ0n) is 19.4. The Hall–Kier alpha value is -3.43. The third-order valence-electron chi connectivity index (χ3n) is 6.42. The van der Waals surface area contributed by atoms with Crippen LogP contribution in [0.1, 0.15) is 46.1 Å². The number of aromatic nitrogens is 1. The van der Waals surface area contributed by atoms with Gasteiger partial charge >= 0.3 is 0 Å². The molecule has 0 unspecified atom stereocenters. The minimum absolute atomic E-state index is 0.00316. The van der Waals surface area contributed by atoms with E-state index in [0.717, 1.165) is 17.0 Å². The van der Waals surface area contributed by atoms with Crippen molar-refractivity contribution in [1.82, 2.24) is 14.6 Å². The van der Waals surface area contributed by atoms with E-state index in [-0.39, 0.29) is 18.6 Å². The highest BCUT2D eigenvalue weighted by atomic mass is 32.2. The van der Waals surface area contributed by atoms with Crippen molar-refractivity contribution in [3.63, 3.8) is 0 Å². The summed E-state index contributed by atoms with van der Waals surface area (Å²) in [5.41, 5.74) is 2.99. The van der Waals surface area contributed by atoms with Gasteiger partial charge in [0.15, 0.2) is 11.5 Å². The molecule has 5 rings (SSSR count). The SMILES string of the molecule is Cc1ccc(C(=O)NCc2ccc3c(c2)OCO3)c(C2CCN(S(=O)(=O)c3ccccc3)CC2)n1. The molecule has 0 aliphatic carbocycles. The van der Waals surface area contributed by atoms with Gasteiger partial charge in [-0.05, 0) is 61.7 Å². The molecule has 3 aromatic rings. The van der Waals surface area contributed by atoms with Crippen LogP contribution in [0.2, 0.25) is 0 Å². The van der Waals surface area contributed by atoms with E-state index in [0.29, 0.717) is 54.4 Å². The molecule has 2 aliphatic heterocycles. The second-order valence-electron chi connectivity index (χ2n) is 8.75. The first kappa shape index (κ1) is 23.3. The average molecular weight is 494 g/mol. The van der Waals surface area contributed by atoms with Gasteiger partial charge in [0.05, 0.1) is 16.2 Å². The summed E-state index contributed by atoms with van der Waals surface area (Å²) in [5, 5.41) is 2.98. The topological polar surface area (TPSA) is 97.8 Å². The molecule has 1 saturated heterocycles. The van der Waals surface area contributed by atoms with Crippen molar-refractivity contribution in [1.29, 1.82) is 0 Å². The van der Waals surface area contributed by atoms with Crippen LogP contribution in [0.3, 0.4) is 0 Å². The first-order chi connectivity index (χ1) is 16.9. The van der Waals surface area contributed by atoms with Gasteiger partial charge in [-0.1, -0.05) is 24.3 Å². The smallest absolute Gasteiger partial charge is 0.253 e. The van der Waals surface area contributed by atoms with Crippen LogP contribution in [0.4, 0.5) is 0 Å². The summed E-state index contributed by atoms with van der Waals surface area (Å²) < 4.78 is 38.2. The first-order valence-corrected chi connectivity index (χ1v) is 13.1. The van der Waals surface area contributed by atoms with Gasteiger partial charge < -0.3 is 14.8 Å². The van der Waals surface area contributed by atoms with E-state index >= 15 is 0 Å². The summed E-state index contributed by atoms with van der Waals surface area (Å²) in [5.74, 6) is 1.17. The standard InChI is InChI=1S/C26H27N3O5S/c1-18-7-9-22(26(30)27-16-19-8-10-23-24(15-19)34-17-33-23)25(28-18)20-11-13-29(14-12-20)35(31,32)21-5-3-2-4-6-21/h2-10,15,20H,11-14,16-17H2,1H3,(H,27,30). The van der Waals surface area contributed by atoms with Gasteiger partial charge in [0.1, 0.15) is 0 Å². The number of hydrogen-bond acceptors (Lipinski definition) is 6. The minimum atomic E-state index is -3.53. The first-order valence-electron chi connectivity index (χ1n) is 11.6. The van der Waals surface area contributed by atoms with Crippen molar-refractivity contribution in [2.45, 2.75) is 37.1 Å². The summed E-state index contributed by atoms with van der Waals surface area (Å²) in [6.07, 6.45) is 1.20. The number of carbonyl (C=O) groups excluding carboxylic acids is 1. The van der Waals surface area contributed by atoms with Crippen molar-refractivity contribution >= 4 is 15.9 Å². The van der Waals surface area contributed by atoms with E-state index in [1.54, 1.807) is 36.4 Å². The van der Waals surface area contributed by atoms with E-state index in [9.17, 15) is 13.2 Å². The van der Waals surface area contributed by atoms with E-state index in [1.807, 2.05) is 31.2 Å². The van der Waals surface area contributed by atoms with Gasteiger partial charge in [-0.25, -0.2) is 8.42 Å². The molecule has 0 atom stereocenters. The lowest BCUT2D eigenvalue weighted by atomic mass is 9.90. The van der Waals surface area contributed by atoms with Crippen LogP contribution in [-0.2, 0) is 16.6 Å². The van der Waals surface area contributed by atoms with Gasteiger partial charge in [-0.3, -0.25) is 9.78 Å². The van der Waals surface area contributed by atoms with Crippen molar-refractivity contribution in [2.24, 2.45) is 0 Å². The number of carbonyl (C=O) groups is 1. The van der Waals surface area contributed by atoms with Crippen LogP contribution in [-0.4, -0.2) is 43.5 Å². The molecule has 2 aromatic carbocycles. The second-order valence-corrected chi connectivity index (χ2v) is 10.7. The lowest BCUT2D eigenvalue weighted by molar-refractivity contribution is 0.0948. The van der Waals surface area contributed by atoms with E-state index in [1.165, 1.54) is 4.31 Å². The zero-order valence-corrected chi connectivity index (χ0v) is 20.3. The normalized spacial score (nSPS) is 16.3. The molecule has 0 saturated carbocycles. The molecule has 1 N–H and O–H groups in total. The van der Waals surface area contributed by atoms with Crippen molar-refractivity contribution in [2.75, 3.05) is 19.9 Å². The highest BCUT2D eigenvalue weighted by Gasteiger charge is 2.32. The number of piperidine rings is 1. The number of amides is 1. The Morgan fingerprint density at radius 2 is 1.77 bits per heavy atom. The fraction of sp³-hybridized carbons (Fsp3) is 0.308. The van der Waals surface area contributed by atoms with Crippen molar-refractivity contribution in [3.05, 3.63) is 83.2 Å². The number of rotatable bonds is 6. The van der Waals surface area contributed by atoms with Crippen LogP contribution >= 0.6 is 0 Å². The quantitative estimate of drug-likeness (QED) is 0.563. The molecule has 1 amide bonds. The molecular weight excluding hydrogens is 466 g/mol. The van der Waals surface area contributed by atoms with E-state index in [2.05, 4.69) is 5.32 Å². The molecule has 35 heavy (non-hydrogen) atoms. The number of nitrogens with one attached hydrogen (secondary N) is 1. The largest absolute Gasteiger partial charge is 0.454 e. The Labute approximate surface area is 204 Å². The van der Waals surface area contributed by atoms with Gasteiger partial charge in [0, 0.05) is 31.2 Å². The zero-order chi connectivity index (χ0) is 24.4.